The van der Waals surface area contributed by atoms with Gasteiger partial charge in [0, 0.05) is 37.1 Å². The SMILES string of the molecule is O=C(Nc1ccc(C(=O)N2CCCC2)cc1)C1=CC=CN2CCS(=O)(=O)N=C12. The van der Waals surface area contributed by atoms with Crippen LogP contribution in [0.3, 0.4) is 0 Å². The zero-order valence-electron chi connectivity index (χ0n) is 15.2. The number of hydrogen-bond acceptors (Lipinski definition) is 5. The van der Waals surface area contributed by atoms with Crippen LogP contribution in [-0.4, -0.2) is 61.3 Å². The minimum absolute atomic E-state index is 0.00656. The average Bonchev–Trinajstić information content (AvgIpc) is 3.21. The zero-order valence-corrected chi connectivity index (χ0v) is 16.0. The number of fused-ring (bicyclic) bond motifs is 1. The first-order valence-corrected chi connectivity index (χ1v) is 10.7. The predicted molar refractivity (Wildman–Crippen MR) is 105 cm³/mol. The van der Waals surface area contributed by atoms with E-state index >= 15 is 0 Å². The van der Waals surface area contributed by atoms with Gasteiger partial charge in [0.1, 0.15) is 0 Å². The third-order valence-electron chi connectivity index (χ3n) is 4.89. The molecular weight excluding hydrogens is 380 g/mol. The Morgan fingerprint density at radius 1 is 1.04 bits per heavy atom. The van der Waals surface area contributed by atoms with Gasteiger partial charge in [-0.2, -0.15) is 0 Å². The monoisotopic (exact) mass is 400 g/mol. The van der Waals surface area contributed by atoms with E-state index in [-0.39, 0.29) is 29.6 Å². The van der Waals surface area contributed by atoms with Crippen LogP contribution in [0, 0.1) is 0 Å². The molecule has 0 radical (unpaired) electrons. The quantitative estimate of drug-likeness (QED) is 0.826. The number of amidine groups is 1. The normalized spacial score (nSPS) is 20.3. The third-order valence-corrected chi connectivity index (χ3v) is 6.03. The van der Waals surface area contributed by atoms with Crippen molar-refractivity contribution >= 4 is 33.4 Å². The Hall–Kier alpha value is -2.94. The van der Waals surface area contributed by atoms with E-state index in [2.05, 4.69) is 9.71 Å². The van der Waals surface area contributed by atoms with Crippen LogP contribution in [0.4, 0.5) is 5.69 Å². The molecule has 4 rings (SSSR count). The van der Waals surface area contributed by atoms with Gasteiger partial charge in [0.2, 0.25) is 0 Å². The van der Waals surface area contributed by atoms with Crippen LogP contribution in [0.5, 0.6) is 0 Å². The van der Waals surface area contributed by atoms with E-state index in [1.165, 1.54) is 6.08 Å². The lowest BCUT2D eigenvalue weighted by Crippen LogP contribution is -2.40. The number of nitrogens with zero attached hydrogens (tertiary/aromatic N) is 3. The van der Waals surface area contributed by atoms with Crippen molar-refractivity contribution in [3.05, 3.63) is 53.8 Å². The van der Waals surface area contributed by atoms with Crippen LogP contribution in [-0.2, 0) is 14.8 Å². The van der Waals surface area contributed by atoms with Crippen molar-refractivity contribution < 1.29 is 18.0 Å². The molecule has 3 aliphatic rings. The molecule has 8 nitrogen and oxygen atoms in total. The molecule has 1 N–H and O–H groups in total. The smallest absolute Gasteiger partial charge is 0.259 e. The van der Waals surface area contributed by atoms with E-state index in [1.54, 1.807) is 41.4 Å². The molecule has 0 saturated carbocycles. The highest BCUT2D eigenvalue weighted by molar-refractivity contribution is 7.90. The van der Waals surface area contributed by atoms with Crippen LogP contribution >= 0.6 is 0 Å². The molecule has 9 heteroatoms. The fraction of sp³-hybridized carbons (Fsp3) is 0.316. The fourth-order valence-corrected chi connectivity index (χ4v) is 4.38. The van der Waals surface area contributed by atoms with Crippen molar-refractivity contribution in [1.82, 2.24) is 9.80 Å². The molecule has 0 unspecified atom stereocenters. The summed E-state index contributed by atoms with van der Waals surface area (Å²) in [7, 11) is -3.57. The molecule has 0 aromatic heterocycles. The fourth-order valence-electron chi connectivity index (χ4n) is 3.39. The lowest BCUT2D eigenvalue weighted by Gasteiger charge is -2.28. The number of anilines is 1. The number of amides is 2. The van der Waals surface area contributed by atoms with Gasteiger partial charge in [-0.05, 0) is 49.3 Å². The second-order valence-corrected chi connectivity index (χ2v) is 8.60. The molecule has 1 saturated heterocycles. The Balaban J connectivity index is 1.49. The van der Waals surface area contributed by atoms with Crippen molar-refractivity contribution in [2.24, 2.45) is 4.40 Å². The molecule has 1 aromatic rings. The minimum atomic E-state index is -3.57. The second kappa shape index (κ2) is 7.23. The van der Waals surface area contributed by atoms with Crippen molar-refractivity contribution in [1.29, 1.82) is 0 Å². The lowest BCUT2D eigenvalue weighted by molar-refractivity contribution is -0.112. The van der Waals surface area contributed by atoms with Crippen molar-refractivity contribution in [2.45, 2.75) is 12.8 Å². The number of rotatable bonds is 3. The van der Waals surface area contributed by atoms with E-state index in [9.17, 15) is 18.0 Å². The standard InChI is InChI=1S/C19H20N4O4S/c24-18(16-4-3-11-22-12-13-28(26,27)21-17(16)22)20-15-7-5-14(6-8-15)19(25)23-9-1-2-10-23/h3-8,11H,1-2,9-10,12-13H2,(H,20,24). The first kappa shape index (κ1) is 18.4. The number of likely N-dealkylation sites (tertiary alicyclic amines) is 1. The van der Waals surface area contributed by atoms with Gasteiger partial charge < -0.3 is 15.1 Å². The third kappa shape index (κ3) is 3.70. The van der Waals surface area contributed by atoms with Crippen LogP contribution in [0.2, 0.25) is 0 Å². The van der Waals surface area contributed by atoms with E-state index < -0.39 is 15.9 Å². The van der Waals surface area contributed by atoms with E-state index in [1.807, 2.05) is 4.90 Å². The number of hydrogen-bond donors (Lipinski definition) is 1. The molecular formula is C19H20N4O4S. The molecule has 1 aromatic carbocycles. The Morgan fingerprint density at radius 2 is 1.75 bits per heavy atom. The molecule has 146 valence electrons. The summed E-state index contributed by atoms with van der Waals surface area (Å²) >= 11 is 0. The highest BCUT2D eigenvalue weighted by Gasteiger charge is 2.30. The predicted octanol–water partition coefficient (Wildman–Crippen LogP) is 1.36. The summed E-state index contributed by atoms with van der Waals surface area (Å²) < 4.78 is 27.4. The van der Waals surface area contributed by atoms with Gasteiger partial charge >= 0.3 is 0 Å². The van der Waals surface area contributed by atoms with Gasteiger partial charge in [0.05, 0.1) is 11.3 Å². The van der Waals surface area contributed by atoms with Gasteiger partial charge in [0.15, 0.2) is 5.84 Å². The van der Waals surface area contributed by atoms with Crippen molar-refractivity contribution in [2.75, 3.05) is 30.7 Å². The van der Waals surface area contributed by atoms with Crippen LogP contribution in [0.15, 0.2) is 52.6 Å². The van der Waals surface area contributed by atoms with Crippen LogP contribution in [0.1, 0.15) is 23.2 Å². The highest BCUT2D eigenvalue weighted by Crippen LogP contribution is 2.20. The second-order valence-electron chi connectivity index (χ2n) is 6.85. The largest absolute Gasteiger partial charge is 0.339 e. The molecule has 0 bridgehead atoms. The van der Waals surface area contributed by atoms with Gasteiger partial charge in [-0.25, -0.2) is 8.42 Å². The van der Waals surface area contributed by atoms with E-state index in [0.29, 0.717) is 11.3 Å². The summed E-state index contributed by atoms with van der Waals surface area (Å²) in [4.78, 5) is 28.5. The average molecular weight is 400 g/mol. The Kier molecular flexibility index (Phi) is 4.76. The molecule has 3 aliphatic heterocycles. The molecule has 3 heterocycles. The maximum atomic E-state index is 12.7. The number of benzene rings is 1. The van der Waals surface area contributed by atoms with Gasteiger partial charge in [-0.15, -0.1) is 4.40 Å². The maximum Gasteiger partial charge on any atom is 0.259 e. The van der Waals surface area contributed by atoms with Crippen molar-refractivity contribution in [3.63, 3.8) is 0 Å². The van der Waals surface area contributed by atoms with Crippen LogP contribution < -0.4 is 5.32 Å². The summed E-state index contributed by atoms with van der Waals surface area (Å²) in [6.07, 6.45) is 6.98. The molecule has 0 atom stereocenters. The van der Waals surface area contributed by atoms with E-state index in [4.69, 9.17) is 0 Å². The number of nitrogens with one attached hydrogen (secondary N) is 1. The highest BCUT2D eigenvalue weighted by atomic mass is 32.2. The summed E-state index contributed by atoms with van der Waals surface area (Å²) in [5, 5.41) is 2.74. The molecule has 28 heavy (non-hydrogen) atoms. The summed E-state index contributed by atoms with van der Waals surface area (Å²) in [6.45, 7) is 1.82. The van der Waals surface area contributed by atoms with Crippen LogP contribution in [0.25, 0.3) is 0 Å². The van der Waals surface area contributed by atoms with Gasteiger partial charge in [0.25, 0.3) is 21.8 Å². The zero-order chi connectivity index (χ0) is 19.7. The van der Waals surface area contributed by atoms with Gasteiger partial charge in [-0.3, -0.25) is 9.59 Å². The summed E-state index contributed by atoms with van der Waals surface area (Å²) in [6, 6.07) is 6.69. The Bertz CT molecular complexity index is 1000. The van der Waals surface area contributed by atoms with Crippen molar-refractivity contribution in [3.8, 4) is 0 Å². The topological polar surface area (TPSA) is 99.1 Å². The Labute approximate surface area is 163 Å². The summed E-state index contributed by atoms with van der Waals surface area (Å²) in [5.74, 6) is -0.411. The number of carbonyl (C=O) groups excluding carboxylic acids is 2. The molecule has 2 amide bonds. The summed E-state index contributed by atoms with van der Waals surface area (Å²) in [5.41, 5.74) is 1.28. The maximum absolute atomic E-state index is 12.7. The molecule has 1 fully saturated rings. The number of allylic oxidation sites excluding steroid dienone is 2. The number of carbonyl (C=O) groups is 2. The number of sulfonamides is 1. The molecule has 0 aliphatic carbocycles. The lowest BCUT2D eigenvalue weighted by atomic mass is 10.1. The first-order valence-electron chi connectivity index (χ1n) is 9.12. The van der Waals surface area contributed by atoms with Gasteiger partial charge in [-0.1, -0.05) is 0 Å². The molecule has 0 spiro atoms. The minimum Gasteiger partial charge on any atom is -0.339 e. The van der Waals surface area contributed by atoms with E-state index in [0.717, 1.165) is 25.9 Å². The first-order chi connectivity index (χ1) is 13.4. The Morgan fingerprint density at radius 3 is 2.46 bits per heavy atom.